The fourth-order valence-corrected chi connectivity index (χ4v) is 2.04. The maximum absolute atomic E-state index is 14.1. The molecule has 2 N–H and O–H groups in total. The van der Waals surface area contributed by atoms with Crippen LogP contribution in [0.4, 0.5) is 4.39 Å². The molecule has 0 aliphatic heterocycles. The van der Waals surface area contributed by atoms with E-state index in [9.17, 15) is 9.18 Å². The lowest BCUT2D eigenvalue weighted by Crippen LogP contribution is -2.38. The number of guanidine groups is 1. The number of aromatic nitrogens is 1. The van der Waals surface area contributed by atoms with Gasteiger partial charge in [-0.05, 0) is 42.3 Å². The van der Waals surface area contributed by atoms with Crippen molar-refractivity contribution >= 4 is 12.4 Å². The van der Waals surface area contributed by atoms with Crippen molar-refractivity contribution in [1.29, 1.82) is 5.41 Å². The number of amides is 1. The summed E-state index contributed by atoms with van der Waals surface area (Å²) in [5, 5.41) is 10.5. The summed E-state index contributed by atoms with van der Waals surface area (Å²) >= 11 is 0. The Hall–Kier alpha value is -2.76. The molecule has 0 saturated carbocycles. The summed E-state index contributed by atoms with van der Waals surface area (Å²) in [6, 6.07) is 8.07. The normalized spacial score (nSPS) is 11.6. The van der Waals surface area contributed by atoms with Gasteiger partial charge in [-0.2, -0.15) is 0 Å². The van der Waals surface area contributed by atoms with Crippen molar-refractivity contribution < 1.29 is 9.18 Å². The van der Waals surface area contributed by atoms with Crippen LogP contribution < -0.4 is 5.32 Å². The number of carbonyl (C=O) groups excluding carboxylic acids is 1. The molecule has 0 bridgehead atoms. The zero-order valence-electron chi connectivity index (χ0n) is 12.4. The molecular weight excluding hydrogens is 283 g/mol. The lowest BCUT2D eigenvalue weighted by Gasteiger charge is -2.20. The molecule has 1 aromatic carbocycles. The van der Waals surface area contributed by atoms with E-state index in [1.807, 2.05) is 12.1 Å². The molecule has 0 saturated heterocycles. The Balaban J connectivity index is 2.27. The minimum absolute atomic E-state index is 0.0868. The topological polar surface area (TPSA) is 69.1 Å². The fraction of sp³-hybridized carbons (Fsp3) is 0.188. The highest BCUT2D eigenvalue weighted by Crippen LogP contribution is 2.25. The van der Waals surface area contributed by atoms with Crippen molar-refractivity contribution in [2.24, 2.45) is 0 Å². The van der Waals surface area contributed by atoms with Crippen LogP contribution in [0.3, 0.4) is 0 Å². The fourth-order valence-electron chi connectivity index (χ4n) is 2.04. The second-order valence-corrected chi connectivity index (χ2v) is 4.90. The summed E-state index contributed by atoms with van der Waals surface area (Å²) in [5.74, 6) is -0.449. The van der Waals surface area contributed by atoms with Gasteiger partial charge in [0.2, 0.25) is 6.41 Å². The summed E-state index contributed by atoms with van der Waals surface area (Å²) in [5.41, 5.74) is 2.23. The molecule has 114 valence electrons. The van der Waals surface area contributed by atoms with Gasteiger partial charge in [0.1, 0.15) is 5.82 Å². The van der Waals surface area contributed by atoms with Crippen molar-refractivity contribution in [2.45, 2.75) is 13.0 Å². The van der Waals surface area contributed by atoms with E-state index >= 15 is 0 Å². The largest absolute Gasteiger partial charge is 0.349 e. The highest BCUT2D eigenvalue weighted by atomic mass is 19.1. The highest BCUT2D eigenvalue weighted by Gasteiger charge is 2.15. The predicted molar refractivity (Wildman–Crippen MR) is 82.7 cm³/mol. The van der Waals surface area contributed by atoms with Crippen molar-refractivity contribution in [1.82, 2.24) is 15.2 Å². The molecule has 2 aromatic rings. The molecule has 0 spiro atoms. The molecule has 6 heteroatoms. The minimum atomic E-state index is -0.448. The number of nitrogens with one attached hydrogen (secondary N) is 2. The number of nitrogens with zero attached hydrogens (tertiary/aromatic N) is 2. The van der Waals surface area contributed by atoms with Crippen molar-refractivity contribution in [3.8, 4) is 11.1 Å². The van der Waals surface area contributed by atoms with Crippen LogP contribution in [0.15, 0.2) is 42.7 Å². The highest BCUT2D eigenvalue weighted by molar-refractivity contribution is 5.86. The van der Waals surface area contributed by atoms with Crippen LogP contribution in [0.2, 0.25) is 0 Å². The van der Waals surface area contributed by atoms with E-state index < -0.39 is 6.04 Å². The van der Waals surface area contributed by atoms with E-state index in [1.54, 1.807) is 31.5 Å². The number of carbonyl (C=O) groups is 1. The van der Waals surface area contributed by atoms with Crippen LogP contribution in [-0.4, -0.2) is 29.3 Å². The third-order valence-corrected chi connectivity index (χ3v) is 3.34. The predicted octanol–water partition coefficient (Wildman–Crippen LogP) is 2.56. The van der Waals surface area contributed by atoms with Crippen molar-refractivity contribution in [3.05, 3.63) is 54.1 Å². The monoisotopic (exact) mass is 300 g/mol. The molecule has 1 heterocycles. The van der Waals surface area contributed by atoms with Crippen LogP contribution in [0.25, 0.3) is 11.1 Å². The third-order valence-electron chi connectivity index (χ3n) is 3.34. The summed E-state index contributed by atoms with van der Waals surface area (Å²) in [7, 11) is 1.46. The van der Waals surface area contributed by atoms with Crippen LogP contribution >= 0.6 is 0 Å². The van der Waals surface area contributed by atoms with Crippen LogP contribution in [-0.2, 0) is 4.79 Å². The van der Waals surface area contributed by atoms with Gasteiger partial charge in [0.15, 0.2) is 5.96 Å². The number of benzene rings is 1. The van der Waals surface area contributed by atoms with Gasteiger partial charge < -0.3 is 5.32 Å². The van der Waals surface area contributed by atoms with E-state index in [2.05, 4.69) is 10.3 Å². The molecule has 0 radical (unpaired) electrons. The lowest BCUT2D eigenvalue weighted by molar-refractivity contribution is -0.114. The Morgan fingerprint density at radius 2 is 2.00 bits per heavy atom. The third kappa shape index (κ3) is 3.46. The van der Waals surface area contributed by atoms with Crippen LogP contribution in [0, 0.1) is 11.2 Å². The number of rotatable bonds is 4. The van der Waals surface area contributed by atoms with Gasteiger partial charge in [-0.15, -0.1) is 0 Å². The summed E-state index contributed by atoms with van der Waals surface area (Å²) in [6.07, 6.45) is 3.87. The van der Waals surface area contributed by atoms with Gasteiger partial charge in [0.25, 0.3) is 0 Å². The van der Waals surface area contributed by atoms with Gasteiger partial charge in [-0.1, -0.05) is 6.07 Å². The van der Waals surface area contributed by atoms with E-state index in [-0.39, 0.29) is 11.8 Å². The minimum Gasteiger partial charge on any atom is -0.349 e. The van der Waals surface area contributed by atoms with Gasteiger partial charge in [0.05, 0.1) is 6.04 Å². The number of halogens is 1. The van der Waals surface area contributed by atoms with Gasteiger partial charge >= 0.3 is 0 Å². The first-order valence-corrected chi connectivity index (χ1v) is 6.76. The SMILES string of the molecule is CC(NC(=N)N(C)C=O)c1cc(-c2ccncc2)ccc1F. The number of pyridine rings is 1. The Morgan fingerprint density at radius 3 is 2.64 bits per heavy atom. The molecular formula is C16H17FN4O. The first-order valence-electron chi connectivity index (χ1n) is 6.76. The maximum atomic E-state index is 14.1. The molecule has 1 atom stereocenters. The molecule has 22 heavy (non-hydrogen) atoms. The summed E-state index contributed by atoms with van der Waals surface area (Å²) in [6.45, 7) is 1.74. The molecule has 0 fully saturated rings. The molecule has 0 aliphatic rings. The molecule has 2 rings (SSSR count). The molecule has 1 amide bonds. The second kappa shape index (κ2) is 6.80. The van der Waals surface area contributed by atoms with Gasteiger partial charge in [-0.25, -0.2) is 4.39 Å². The maximum Gasteiger partial charge on any atom is 0.216 e. The van der Waals surface area contributed by atoms with E-state index in [4.69, 9.17) is 5.41 Å². The van der Waals surface area contributed by atoms with E-state index in [0.29, 0.717) is 12.0 Å². The second-order valence-electron chi connectivity index (χ2n) is 4.90. The Labute approximate surface area is 128 Å². The Kier molecular flexibility index (Phi) is 4.83. The van der Waals surface area contributed by atoms with Crippen molar-refractivity contribution in [3.63, 3.8) is 0 Å². The molecule has 5 nitrogen and oxygen atoms in total. The Morgan fingerprint density at radius 1 is 1.32 bits per heavy atom. The zero-order chi connectivity index (χ0) is 16.1. The Bertz CT molecular complexity index is 675. The quantitative estimate of drug-likeness (QED) is 0.518. The zero-order valence-corrected chi connectivity index (χ0v) is 12.4. The summed E-state index contributed by atoms with van der Waals surface area (Å²) < 4.78 is 14.1. The first-order chi connectivity index (χ1) is 10.5. The average molecular weight is 300 g/mol. The summed E-state index contributed by atoms with van der Waals surface area (Å²) in [4.78, 5) is 15.7. The van der Waals surface area contributed by atoms with E-state index in [0.717, 1.165) is 16.0 Å². The number of hydrogen-bond donors (Lipinski definition) is 2. The van der Waals surface area contributed by atoms with Crippen LogP contribution in [0.5, 0.6) is 0 Å². The van der Waals surface area contributed by atoms with Gasteiger partial charge in [-0.3, -0.25) is 20.1 Å². The first kappa shape index (κ1) is 15.6. The molecule has 1 unspecified atom stereocenters. The molecule has 0 aliphatic carbocycles. The average Bonchev–Trinajstić information content (AvgIpc) is 2.55. The standard InChI is InChI=1S/C16H17FN4O/c1-11(20-16(18)21(2)10-22)14-9-13(3-4-15(14)17)12-5-7-19-8-6-12/h3-11H,1-2H3,(H2,18,20). The van der Waals surface area contributed by atoms with E-state index in [1.165, 1.54) is 13.1 Å². The van der Waals surface area contributed by atoms with Crippen LogP contribution in [0.1, 0.15) is 18.5 Å². The van der Waals surface area contributed by atoms with Crippen molar-refractivity contribution in [2.75, 3.05) is 7.05 Å². The smallest absolute Gasteiger partial charge is 0.216 e. The van der Waals surface area contributed by atoms with Gasteiger partial charge in [0, 0.05) is 25.0 Å². The molecule has 1 aromatic heterocycles. The number of hydrogen-bond acceptors (Lipinski definition) is 3. The lowest BCUT2D eigenvalue weighted by atomic mass is 10.0.